The minimum absolute atomic E-state index is 0.404. The first-order valence-corrected chi connectivity index (χ1v) is 22.1. The molecule has 0 radical (unpaired) electrons. The predicted octanol–water partition coefficient (Wildman–Crippen LogP) is -6.97. The van der Waals surface area contributed by atoms with E-state index in [-0.39, 0.29) is 0 Å². The number of esters is 3. The van der Waals surface area contributed by atoms with Crippen molar-refractivity contribution in [2.24, 2.45) is 0 Å². The van der Waals surface area contributed by atoms with Crippen molar-refractivity contribution in [2.45, 2.75) is 173 Å². The molecule has 4 fully saturated rings. The molecule has 0 aromatic carbocycles. The molecular formula is C43H68O28. The quantitative estimate of drug-likeness (QED) is 0.0157. The lowest BCUT2D eigenvalue weighted by Gasteiger charge is -2.64. The molecule has 16 N–H and O–H groups in total. The van der Waals surface area contributed by atoms with Gasteiger partial charge in [-0.05, 0) is 47.5 Å². The number of hydrogen-bond acceptors (Lipinski definition) is 28. The molecule has 0 aromatic rings. The van der Waals surface area contributed by atoms with Crippen LogP contribution in [-0.4, -0.2) is 246 Å². The van der Waals surface area contributed by atoms with E-state index in [1.807, 2.05) is 0 Å². The molecule has 0 spiro atoms. The van der Waals surface area contributed by atoms with Gasteiger partial charge in [0.15, 0.2) is 5.60 Å². The number of ether oxygens (including phenoxy) is 9. The van der Waals surface area contributed by atoms with Gasteiger partial charge in [-0.1, -0.05) is 39.0 Å². The average molecular weight is 1030 g/mol. The fourth-order valence-corrected chi connectivity index (χ4v) is 9.02. The molecule has 0 aliphatic carbocycles. The topological polar surface area (TPSA) is 458 Å². The zero-order valence-corrected chi connectivity index (χ0v) is 39.7. The van der Waals surface area contributed by atoms with Crippen LogP contribution in [-0.2, 0) is 57.0 Å². The van der Waals surface area contributed by atoms with Crippen molar-refractivity contribution in [3.8, 4) is 0 Å². The van der Waals surface area contributed by atoms with Crippen molar-refractivity contribution in [3.63, 3.8) is 0 Å². The molecule has 408 valence electrons. The molecule has 0 saturated carbocycles. The number of carbonyl (C=O) groups is 3. The van der Waals surface area contributed by atoms with E-state index in [4.69, 9.17) is 42.6 Å². The summed E-state index contributed by atoms with van der Waals surface area (Å²) in [5.74, 6) is -29.7. The number of aliphatic hydroxyl groups is 16. The van der Waals surface area contributed by atoms with Gasteiger partial charge in [0.05, 0.1) is 19.8 Å². The molecule has 71 heavy (non-hydrogen) atoms. The number of carbonyl (C=O) groups excluding carboxylic acids is 3. The molecule has 4 aliphatic rings. The van der Waals surface area contributed by atoms with Crippen LogP contribution in [0.2, 0.25) is 0 Å². The van der Waals surface area contributed by atoms with Crippen LogP contribution < -0.4 is 0 Å². The SMILES string of the molecule is C=C(C)C(=O)O[C@]1(CO)O[C@@](C)(OC2(CO)O[C@H](CO)[C@@H](O)[C@@H]2O)[C@@](O)(CCCCC[C@@]2(O)[C@@H](O)[C@H](O)[C@@H](CO)O[C@@]2(C)OC2(CO)O[C@H](CO)[C@@H](O)[C@@H]2O)[C@](O)(OC(=O)C(=C)C)[C@@]1(O)OC(=O)C(=C)C. The van der Waals surface area contributed by atoms with E-state index in [1.165, 1.54) is 0 Å². The number of hydrogen-bond donors (Lipinski definition) is 16. The molecule has 4 saturated heterocycles. The normalized spacial score (nSPS) is 44.5. The van der Waals surface area contributed by atoms with E-state index in [0.29, 0.717) is 6.92 Å². The highest BCUT2D eigenvalue weighted by Gasteiger charge is 2.88. The lowest BCUT2D eigenvalue weighted by Crippen LogP contribution is -2.90. The lowest BCUT2D eigenvalue weighted by molar-refractivity contribution is -0.585. The Morgan fingerprint density at radius 1 is 0.507 bits per heavy atom. The first-order valence-electron chi connectivity index (χ1n) is 22.1. The van der Waals surface area contributed by atoms with Gasteiger partial charge in [0.2, 0.25) is 23.1 Å². The fourth-order valence-electron chi connectivity index (χ4n) is 9.02. The van der Waals surface area contributed by atoms with Crippen molar-refractivity contribution in [1.82, 2.24) is 0 Å². The van der Waals surface area contributed by atoms with E-state index >= 15 is 0 Å². The largest absolute Gasteiger partial charge is 0.419 e. The third-order valence-electron chi connectivity index (χ3n) is 13.3. The second-order valence-corrected chi connectivity index (χ2v) is 18.5. The second-order valence-electron chi connectivity index (χ2n) is 18.5. The van der Waals surface area contributed by atoms with E-state index in [9.17, 15) is 96.1 Å². The predicted molar refractivity (Wildman–Crippen MR) is 227 cm³/mol. The molecule has 28 nitrogen and oxygen atoms in total. The summed E-state index contributed by atoms with van der Waals surface area (Å²) in [5, 5.41) is 179. The zero-order chi connectivity index (χ0) is 54.3. The Kier molecular flexibility index (Phi) is 18.3. The summed E-state index contributed by atoms with van der Waals surface area (Å²) in [4.78, 5) is 40.4. The van der Waals surface area contributed by atoms with Crippen LogP contribution >= 0.6 is 0 Å². The van der Waals surface area contributed by atoms with E-state index in [0.717, 1.165) is 27.7 Å². The monoisotopic (exact) mass is 1030 g/mol. The summed E-state index contributed by atoms with van der Waals surface area (Å²) in [6.07, 6.45) is -21.5. The summed E-state index contributed by atoms with van der Waals surface area (Å²) >= 11 is 0. The second kappa shape index (κ2) is 21.5. The van der Waals surface area contributed by atoms with Crippen LogP contribution in [0, 0.1) is 0 Å². The highest BCUT2D eigenvalue weighted by atomic mass is 16.9. The summed E-state index contributed by atoms with van der Waals surface area (Å²) in [6.45, 7) is 7.06. The molecule has 4 heterocycles. The fraction of sp³-hybridized carbons (Fsp3) is 0.791. The van der Waals surface area contributed by atoms with E-state index < -0.39 is 213 Å². The van der Waals surface area contributed by atoms with E-state index in [1.54, 1.807) is 0 Å². The van der Waals surface area contributed by atoms with Gasteiger partial charge in [-0.25, -0.2) is 14.4 Å². The van der Waals surface area contributed by atoms with Gasteiger partial charge < -0.3 is 120 Å². The van der Waals surface area contributed by atoms with Gasteiger partial charge >= 0.3 is 35.3 Å². The maximum absolute atomic E-state index is 13.6. The molecule has 4 aliphatic heterocycles. The third-order valence-corrected chi connectivity index (χ3v) is 13.3. The van der Waals surface area contributed by atoms with Crippen LogP contribution in [0.15, 0.2) is 36.5 Å². The Morgan fingerprint density at radius 3 is 1.28 bits per heavy atom. The summed E-state index contributed by atoms with van der Waals surface area (Å²) < 4.78 is 50.4. The molecule has 18 atom stereocenters. The van der Waals surface area contributed by atoms with Gasteiger partial charge in [-0.3, -0.25) is 4.74 Å². The van der Waals surface area contributed by atoms with Crippen molar-refractivity contribution < 1.29 is 139 Å². The number of aliphatic hydroxyl groups excluding tert-OH is 12. The Balaban J connectivity index is 1.91. The Morgan fingerprint density at radius 2 is 0.887 bits per heavy atom. The van der Waals surface area contributed by atoms with Crippen molar-refractivity contribution in [1.29, 1.82) is 0 Å². The zero-order valence-electron chi connectivity index (χ0n) is 39.7. The van der Waals surface area contributed by atoms with Crippen molar-refractivity contribution in [3.05, 3.63) is 36.5 Å². The molecule has 28 heteroatoms. The highest BCUT2D eigenvalue weighted by Crippen LogP contribution is 2.59. The van der Waals surface area contributed by atoms with Crippen LogP contribution in [0.25, 0.3) is 0 Å². The Hall–Kier alpha value is -3.25. The third kappa shape index (κ3) is 9.83. The minimum atomic E-state index is -4.42. The van der Waals surface area contributed by atoms with Crippen molar-refractivity contribution >= 4 is 17.9 Å². The summed E-state index contributed by atoms with van der Waals surface area (Å²) in [6, 6.07) is 0. The molecule has 0 aromatic heterocycles. The molecule has 2 unspecified atom stereocenters. The smallest absolute Gasteiger partial charge is 0.350 e. The summed E-state index contributed by atoms with van der Waals surface area (Å²) in [5.41, 5.74) is -8.42. The first kappa shape index (κ1) is 60.3. The van der Waals surface area contributed by atoms with Gasteiger partial charge in [-0.15, -0.1) is 0 Å². The average Bonchev–Trinajstić information content (AvgIpc) is 3.70. The molecule has 0 bridgehead atoms. The number of rotatable bonds is 22. The Bertz CT molecular complexity index is 1990. The maximum atomic E-state index is 13.6. The van der Waals surface area contributed by atoms with Crippen LogP contribution in [0.1, 0.15) is 66.7 Å². The maximum Gasteiger partial charge on any atom is 0.350 e. The van der Waals surface area contributed by atoms with Crippen molar-refractivity contribution in [2.75, 3.05) is 39.6 Å². The summed E-state index contributed by atoms with van der Waals surface area (Å²) in [7, 11) is 0. The molecular weight excluding hydrogens is 964 g/mol. The lowest BCUT2D eigenvalue weighted by atomic mass is 9.70. The first-order chi connectivity index (χ1) is 32.7. The molecule has 0 amide bonds. The van der Waals surface area contributed by atoms with Gasteiger partial charge in [0.1, 0.15) is 80.4 Å². The minimum Gasteiger partial charge on any atom is -0.419 e. The Labute approximate surface area is 405 Å². The molecule has 4 rings (SSSR count). The van der Waals surface area contributed by atoms with Gasteiger partial charge in [0.25, 0.3) is 0 Å². The number of unbranched alkanes of at least 4 members (excludes halogenated alkanes) is 2. The van der Waals surface area contributed by atoms with Crippen LogP contribution in [0.3, 0.4) is 0 Å². The van der Waals surface area contributed by atoms with E-state index in [2.05, 4.69) is 19.7 Å². The van der Waals surface area contributed by atoms with Crippen LogP contribution in [0.5, 0.6) is 0 Å². The van der Waals surface area contributed by atoms with Gasteiger partial charge in [-0.2, -0.15) is 0 Å². The van der Waals surface area contributed by atoms with Gasteiger partial charge in [0, 0.05) is 16.7 Å². The standard InChI is InChI=1S/C43H68O28/c1-20(2)32(56)66-41(19-49)43(62,68-34(58)22(5)6)42(61,67-33(57)21(3)4)40(60,36(8,71-41)70-39(18-48)31(55)28(52)25(16-46)65-39)13-11-9-10-12-37(59)29(53)26(50)23(14-44)63-35(37,7)69-38(17-47)30(54)27(51)24(15-45)64-38/h23-31,44-55,59-62H,1,3,5,9-19H2,2,4,6-8H3/t23-,24-,25-,26-,27-,28-,29+,30+,31+,35+,36-,37-,38?,39?,40+,41-,42+,43+/m1/s1. The van der Waals surface area contributed by atoms with Crippen LogP contribution in [0.4, 0.5) is 0 Å². The highest BCUT2D eigenvalue weighted by molar-refractivity contribution is 5.89.